The molecule has 0 radical (unpaired) electrons. The molecule has 8 heteroatoms. The van der Waals surface area contributed by atoms with Crippen LogP contribution in [-0.4, -0.2) is 23.6 Å². The van der Waals surface area contributed by atoms with Crippen LogP contribution in [0.15, 0.2) is 23.4 Å². The molecule has 0 heterocycles. The molecule has 1 amide bonds. The van der Waals surface area contributed by atoms with Crippen LogP contribution in [0.25, 0.3) is 0 Å². The highest BCUT2D eigenvalue weighted by molar-refractivity contribution is 6.30. The van der Waals surface area contributed by atoms with E-state index in [2.05, 4.69) is 5.18 Å². The minimum Gasteiger partial charge on any atom is -0.496 e. The largest absolute Gasteiger partial charge is 0.496 e. The molecule has 0 saturated carbocycles. The Kier molecular flexibility index (Phi) is 5.85. The van der Waals surface area contributed by atoms with Crippen molar-refractivity contribution in [2.75, 3.05) is 7.11 Å². The third-order valence-corrected chi connectivity index (χ3v) is 3.24. The van der Waals surface area contributed by atoms with Crippen molar-refractivity contribution in [3.05, 3.63) is 33.7 Å². The van der Waals surface area contributed by atoms with Gasteiger partial charge in [-0.1, -0.05) is 16.8 Å². The van der Waals surface area contributed by atoms with Crippen molar-refractivity contribution in [3.63, 3.8) is 0 Å². The second kappa shape index (κ2) is 7.20. The number of nitrogens with zero attached hydrogens (tertiary/aromatic N) is 3. The van der Waals surface area contributed by atoms with Crippen molar-refractivity contribution in [1.82, 2.24) is 5.01 Å². The number of nitroso groups, excluding NO2 is 1. The highest BCUT2D eigenvalue weighted by Crippen LogP contribution is 2.31. The summed E-state index contributed by atoms with van der Waals surface area (Å²) in [6.07, 6.45) is -0.214. The number of methoxy groups -OCH3 is 1. The SMILES string of the molecule is COc1ccc(Cl)cc1C(C#N)N(N)C(=O)CC(C)(C)N=O. The summed E-state index contributed by atoms with van der Waals surface area (Å²) in [6.45, 7) is 3.01. The normalized spacial score (nSPS) is 12.2. The Morgan fingerprint density at radius 2 is 2.23 bits per heavy atom. The number of ether oxygens (including phenoxy) is 1. The Labute approximate surface area is 133 Å². The van der Waals surface area contributed by atoms with Gasteiger partial charge in [0.1, 0.15) is 11.3 Å². The van der Waals surface area contributed by atoms with Gasteiger partial charge in [-0.25, -0.2) is 5.84 Å². The second-order valence-electron chi connectivity index (χ2n) is 5.30. The number of carbonyl (C=O) groups is 1. The molecule has 22 heavy (non-hydrogen) atoms. The lowest BCUT2D eigenvalue weighted by atomic mass is 10.00. The van der Waals surface area contributed by atoms with Crippen molar-refractivity contribution in [2.45, 2.75) is 31.8 Å². The maximum absolute atomic E-state index is 12.2. The van der Waals surface area contributed by atoms with Gasteiger partial charge >= 0.3 is 0 Å². The molecule has 0 fully saturated rings. The molecule has 1 rings (SSSR count). The Hall–Kier alpha value is -2.17. The minimum atomic E-state index is -1.10. The van der Waals surface area contributed by atoms with Crippen molar-refractivity contribution >= 4 is 17.5 Å². The zero-order valence-electron chi connectivity index (χ0n) is 12.5. The first-order chi connectivity index (χ1) is 10.3. The van der Waals surface area contributed by atoms with Gasteiger partial charge in [0, 0.05) is 10.6 Å². The van der Waals surface area contributed by atoms with Gasteiger partial charge in [0.25, 0.3) is 0 Å². The van der Waals surface area contributed by atoms with Gasteiger partial charge in [0.05, 0.1) is 19.6 Å². The number of benzene rings is 1. The summed E-state index contributed by atoms with van der Waals surface area (Å²) in [5, 5.41) is 13.4. The van der Waals surface area contributed by atoms with Crippen LogP contribution in [0, 0.1) is 16.2 Å². The van der Waals surface area contributed by atoms with Crippen LogP contribution in [-0.2, 0) is 4.79 Å². The smallest absolute Gasteiger partial charge is 0.240 e. The van der Waals surface area contributed by atoms with Crippen LogP contribution in [0.5, 0.6) is 5.75 Å². The van der Waals surface area contributed by atoms with Gasteiger partial charge in [0.2, 0.25) is 5.91 Å². The van der Waals surface area contributed by atoms with E-state index in [4.69, 9.17) is 22.2 Å². The van der Waals surface area contributed by atoms with E-state index in [0.717, 1.165) is 5.01 Å². The molecule has 0 saturated heterocycles. The first-order valence-corrected chi connectivity index (χ1v) is 6.78. The fourth-order valence-corrected chi connectivity index (χ4v) is 2.02. The maximum Gasteiger partial charge on any atom is 0.240 e. The molecule has 1 aromatic rings. The van der Waals surface area contributed by atoms with Gasteiger partial charge in [-0.15, -0.1) is 0 Å². The van der Waals surface area contributed by atoms with Gasteiger partial charge in [0.15, 0.2) is 6.04 Å². The molecular weight excluding hydrogens is 308 g/mol. The molecule has 0 spiro atoms. The van der Waals surface area contributed by atoms with Crippen LogP contribution >= 0.6 is 11.6 Å². The van der Waals surface area contributed by atoms with Crippen LogP contribution < -0.4 is 10.6 Å². The molecule has 118 valence electrons. The monoisotopic (exact) mass is 324 g/mol. The average Bonchev–Trinajstić information content (AvgIpc) is 2.47. The number of hydrogen-bond acceptors (Lipinski definition) is 6. The van der Waals surface area contributed by atoms with E-state index in [1.165, 1.54) is 27.0 Å². The number of rotatable bonds is 6. The number of hydrazine groups is 1. The Bertz CT molecular complexity index is 613. The summed E-state index contributed by atoms with van der Waals surface area (Å²) in [7, 11) is 1.43. The molecule has 1 aromatic carbocycles. The van der Waals surface area contributed by atoms with Crippen LogP contribution in [0.1, 0.15) is 31.9 Å². The van der Waals surface area contributed by atoms with Crippen LogP contribution in [0.2, 0.25) is 5.02 Å². The number of carbonyl (C=O) groups excluding carboxylic acids is 1. The van der Waals surface area contributed by atoms with Gasteiger partial charge in [-0.05, 0) is 32.0 Å². The molecule has 7 nitrogen and oxygen atoms in total. The Balaban J connectivity index is 3.11. The number of halogens is 1. The summed E-state index contributed by atoms with van der Waals surface area (Å²) < 4.78 is 5.16. The lowest BCUT2D eigenvalue weighted by Gasteiger charge is -2.26. The highest BCUT2D eigenvalue weighted by Gasteiger charge is 2.30. The molecule has 0 aliphatic rings. The van der Waals surface area contributed by atoms with Crippen LogP contribution in [0.4, 0.5) is 0 Å². The van der Waals surface area contributed by atoms with E-state index in [9.17, 15) is 15.0 Å². The van der Waals surface area contributed by atoms with E-state index in [1.54, 1.807) is 12.1 Å². The Morgan fingerprint density at radius 3 is 2.73 bits per heavy atom. The van der Waals surface area contributed by atoms with Gasteiger partial charge in [-0.2, -0.15) is 10.2 Å². The zero-order chi connectivity index (χ0) is 16.9. The summed E-state index contributed by atoms with van der Waals surface area (Å²) in [5.74, 6) is 5.55. The topological polar surface area (TPSA) is 109 Å². The molecule has 1 atom stereocenters. The third-order valence-electron chi connectivity index (χ3n) is 3.01. The molecule has 1 unspecified atom stereocenters. The maximum atomic E-state index is 12.2. The fraction of sp³-hybridized carbons (Fsp3) is 0.429. The quantitative estimate of drug-likeness (QED) is 0.374. The summed E-state index contributed by atoms with van der Waals surface area (Å²) >= 11 is 5.92. The predicted molar refractivity (Wildman–Crippen MR) is 81.9 cm³/mol. The van der Waals surface area contributed by atoms with E-state index in [0.29, 0.717) is 16.3 Å². The molecule has 0 aromatic heterocycles. The summed E-state index contributed by atoms with van der Waals surface area (Å²) in [5.41, 5.74) is -0.738. The second-order valence-corrected chi connectivity index (χ2v) is 5.74. The molecule has 0 bridgehead atoms. The molecule has 2 N–H and O–H groups in total. The standard InChI is InChI=1S/C14H17ClN4O3/c1-14(2,18-21)7-13(20)19(17)11(8-16)10-6-9(15)4-5-12(10)22-3/h4-6,11H,7,17H2,1-3H3. The van der Waals surface area contributed by atoms with Crippen molar-refractivity contribution in [1.29, 1.82) is 5.26 Å². The first kappa shape index (κ1) is 17.9. The summed E-state index contributed by atoms with van der Waals surface area (Å²) in [6, 6.07) is 5.53. The van der Waals surface area contributed by atoms with Gasteiger partial charge in [-0.3, -0.25) is 9.80 Å². The average molecular weight is 325 g/mol. The van der Waals surface area contributed by atoms with Gasteiger partial charge < -0.3 is 4.74 Å². The molecule has 0 aliphatic heterocycles. The number of nitrogens with two attached hydrogens (primary N) is 1. The zero-order valence-corrected chi connectivity index (χ0v) is 13.3. The van der Waals surface area contributed by atoms with Crippen LogP contribution in [0.3, 0.4) is 0 Å². The lowest BCUT2D eigenvalue weighted by molar-refractivity contribution is -0.134. The summed E-state index contributed by atoms with van der Waals surface area (Å²) in [4.78, 5) is 22.8. The van der Waals surface area contributed by atoms with E-state index < -0.39 is 17.5 Å². The van der Waals surface area contributed by atoms with E-state index >= 15 is 0 Å². The highest BCUT2D eigenvalue weighted by atomic mass is 35.5. The van der Waals surface area contributed by atoms with E-state index in [-0.39, 0.29) is 6.42 Å². The van der Waals surface area contributed by atoms with Crippen molar-refractivity contribution < 1.29 is 9.53 Å². The van der Waals surface area contributed by atoms with E-state index in [1.807, 2.05) is 6.07 Å². The number of hydrogen-bond donors (Lipinski definition) is 1. The molecule has 0 aliphatic carbocycles. The minimum absolute atomic E-state index is 0.214. The third kappa shape index (κ3) is 4.16. The lowest BCUT2D eigenvalue weighted by Crippen LogP contribution is -2.42. The van der Waals surface area contributed by atoms with Crippen molar-refractivity contribution in [2.24, 2.45) is 11.0 Å². The fourth-order valence-electron chi connectivity index (χ4n) is 1.84. The number of amides is 1. The predicted octanol–water partition coefficient (Wildman–Crippen LogP) is 2.55. The number of nitriles is 1. The molecular formula is C14H17ClN4O3. The van der Waals surface area contributed by atoms with Crippen molar-refractivity contribution in [3.8, 4) is 11.8 Å². The first-order valence-electron chi connectivity index (χ1n) is 6.40. The Morgan fingerprint density at radius 1 is 1.59 bits per heavy atom.